The standard InChI is InChI=1S/C9H11N5OS/c1-5-3-6(2)14(13-5)9-11-7(4-16-9)8(15)12-10/h3-4H,10H2,1-2H3,(H,12,15). The van der Waals surface area contributed by atoms with Crippen molar-refractivity contribution < 1.29 is 4.79 Å². The van der Waals surface area contributed by atoms with Crippen molar-refractivity contribution in [2.45, 2.75) is 13.8 Å². The van der Waals surface area contributed by atoms with E-state index in [9.17, 15) is 4.79 Å². The number of carbonyl (C=O) groups is 1. The fourth-order valence-corrected chi connectivity index (χ4v) is 2.17. The van der Waals surface area contributed by atoms with Crippen LogP contribution in [-0.2, 0) is 0 Å². The predicted molar refractivity (Wildman–Crippen MR) is 60.4 cm³/mol. The minimum Gasteiger partial charge on any atom is -0.289 e. The molecule has 0 aliphatic heterocycles. The highest BCUT2D eigenvalue weighted by Crippen LogP contribution is 2.16. The molecule has 6 nitrogen and oxygen atoms in total. The van der Waals surface area contributed by atoms with Crippen molar-refractivity contribution in [3.8, 4) is 5.13 Å². The molecule has 0 radical (unpaired) electrons. The Kier molecular flexibility index (Phi) is 2.71. The minimum atomic E-state index is -0.399. The quantitative estimate of drug-likeness (QED) is 0.453. The molecule has 0 unspecified atom stereocenters. The van der Waals surface area contributed by atoms with Crippen LogP contribution < -0.4 is 11.3 Å². The summed E-state index contributed by atoms with van der Waals surface area (Å²) in [5.74, 6) is 4.63. The minimum absolute atomic E-state index is 0.301. The molecule has 1 amide bonds. The summed E-state index contributed by atoms with van der Waals surface area (Å²) < 4.78 is 1.70. The second-order valence-electron chi connectivity index (χ2n) is 3.33. The van der Waals surface area contributed by atoms with Gasteiger partial charge in [-0.05, 0) is 19.9 Å². The molecule has 0 atom stereocenters. The van der Waals surface area contributed by atoms with Crippen LogP contribution in [0.25, 0.3) is 5.13 Å². The lowest BCUT2D eigenvalue weighted by molar-refractivity contribution is 0.0949. The summed E-state index contributed by atoms with van der Waals surface area (Å²) in [6, 6.07) is 1.95. The number of nitrogens with one attached hydrogen (secondary N) is 1. The molecule has 16 heavy (non-hydrogen) atoms. The van der Waals surface area contributed by atoms with Crippen molar-refractivity contribution >= 4 is 17.2 Å². The smallest absolute Gasteiger partial charge is 0.284 e. The third kappa shape index (κ3) is 1.82. The van der Waals surface area contributed by atoms with Crippen LogP contribution in [0.3, 0.4) is 0 Å². The van der Waals surface area contributed by atoms with Gasteiger partial charge in [0.1, 0.15) is 5.69 Å². The molecule has 2 aromatic rings. The molecular weight excluding hydrogens is 226 g/mol. The number of thiazole rings is 1. The van der Waals surface area contributed by atoms with Crippen LogP contribution in [0.1, 0.15) is 21.9 Å². The Balaban J connectivity index is 2.38. The summed E-state index contributed by atoms with van der Waals surface area (Å²) >= 11 is 1.35. The molecule has 0 aliphatic rings. The molecule has 0 fully saturated rings. The first-order valence-electron chi connectivity index (χ1n) is 4.62. The number of nitrogens with zero attached hydrogens (tertiary/aromatic N) is 3. The number of aryl methyl sites for hydroxylation is 2. The van der Waals surface area contributed by atoms with Crippen molar-refractivity contribution in [3.63, 3.8) is 0 Å². The van der Waals surface area contributed by atoms with E-state index in [1.165, 1.54) is 11.3 Å². The maximum atomic E-state index is 11.2. The molecule has 0 aliphatic carbocycles. The Morgan fingerprint density at radius 2 is 2.31 bits per heavy atom. The molecule has 2 heterocycles. The van der Waals surface area contributed by atoms with E-state index in [0.717, 1.165) is 11.4 Å². The number of nitrogen functional groups attached to an aromatic ring is 1. The number of amides is 1. The third-order valence-corrected chi connectivity index (χ3v) is 2.86. The van der Waals surface area contributed by atoms with Gasteiger partial charge >= 0.3 is 0 Å². The maximum Gasteiger partial charge on any atom is 0.284 e. The van der Waals surface area contributed by atoms with Crippen molar-refractivity contribution in [1.29, 1.82) is 0 Å². The lowest BCUT2D eigenvalue weighted by atomic mass is 10.4. The normalized spacial score (nSPS) is 10.4. The van der Waals surface area contributed by atoms with Gasteiger partial charge in [-0.25, -0.2) is 15.5 Å². The molecule has 7 heteroatoms. The average Bonchev–Trinajstić information content (AvgIpc) is 2.83. The van der Waals surface area contributed by atoms with Crippen molar-refractivity contribution in [1.82, 2.24) is 20.2 Å². The van der Waals surface area contributed by atoms with Crippen molar-refractivity contribution in [2.75, 3.05) is 0 Å². The van der Waals surface area contributed by atoms with Gasteiger partial charge in [0.2, 0.25) is 5.13 Å². The molecule has 2 rings (SSSR count). The number of carbonyl (C=O) groups excluding carboxylic acids is 1. The first-order valence-corrected chi connectivity index (χ1v) is 5.50. The molecule has 0 saturated carbocycles. The Bertz CT molecular complexity index is 530. The van der Waals surface area contributed by atoms with Crippen LogP contribution in [0.15, 0.2) is 11.4 Å². The van der Waals surface area contributed by atoms with E-state index < -0.39 is 5.91 Å². The van der Waals surface area contributed by atoms with Gasteiger partial charge in [-0.15, -0.1) is 11.3 Å². The van der Waals surface area contributed by atoms with Crippen LogP contribution in [0.5, 0.6) is 0 Å². The van der Waals surface area contributed by atoms with Gasteiger partial charge in [0.25, 0.3) is 5.91 Å². The van der Waals surface area contributed by atoms with Gasteiger partial charge in [-0.2, -0.15) is 5.10 Å². The summed E-state index contributed by atoms with van der Waals surface area (Å²) in [6.45, 7) is 3.84. The number of hydrazine groups is 1. The highest BCUT2D eigenvalue weighted by molar-refractivity contribution is 7.12. The van der Waals surface area contributed by atoms with Gasteiger partial charge in [-0.3, -0.25) is 10.2 Å². The van der Waals surface area contributed by atoms with Gasteiger partial charge in [0.15, 0.2) is 0 Å². The zero-order chi connectivity index (χ0) is 11.7. The fraction of sp³-hybridized carbons (Fsp3) is 0.222. The fourth-order valence-electron chi connectivity index (χ4n) is 1.36. The highest BCUT2D eigenvalue weighted by Gasteiger charge is 2.12. The van der Waals surface area contributed by atoms with Crippen LogP contribution >= 0.6 is 11.3 Å². The monoisotopic (exact) mass is 237 g/mol. The molecule has 2 aromatic heterocycles. The molecule has 0 bridgehead atoms. The molecule has 3 N–H and O–H groups in total. The van der Waals surface area contributed by atoms with Crippen LogP contribution in [-0.4, -0.2) is 20.7 Å². The van der Waals surface area contributed by atoms with Gasteiger partial charge in [0, 0.05) is 11.1 Å². The highest BCUT2D eigenvalue weighted by atomic mass is 32.1. The second-order valence-corrected chi connectivity index (χ2v) is 4.16. The second kappa shape index (κ2) is 4.03. The summed E-state index contributed by atoms with van der Waals surface area (Å²) in [6.07, 6.45) is 0. The van der Waals surface area contributed by atoms with E-state index >= 15 is 0 Å². The van der Waals surface area contributed by atoms with Crippen LogP contribution in [0.2, 0.25) is 0 Å². The van der Waals surface area contributed by atoms with Gasteiger partial charge in [-0.1, -0.05) is 0 Å². The predicted octanol–water partition coefficient (Wildman–Crippen LogP) is 0.549. The Morgan fingerprint density at radius 1 is 1.56 bits per heavy atom. The lowest BCUT2D eigenvalue weighted by Gasteiger charge is -1.97. The largest absolute Gasteiger partial charge is 0.289 e. The Labute approximate surface area is 96.1 Å². The zero-order valence-corrected chi connectivity index (χ0v) is 9.71. The van der Waals surface area contributed by atoms with Crippen LogP contribution in [0, 0.1) is 13.8 Å². The topological polar surface area (TPSA) is 85.8 Å². The number of nitrogens with two attached hydrogens (primary N) is 1. The van der Waals surface area contributed by atoms with Crippen LogP contribution in [0.4, 0.5) is 0 Å². The molecule has 0 aromatic carbocycles. The van der Waals surface area contributed by atoms with E-state index in [1.807, 2.05) is 25.3 Å². The van der Waals surface area contributed by atoms with E-state index in [-0.39, 0.29) is 0 Å². The zero-order valence-electron chi connectivity index (χ0n) is 8.89. The Morgan fingerprint density at radius 3 is 2.88 bits per heavy atom. The summed E-state index contributed by atoms with van der Waals surface area (Å²) in [7, 11) is 0. The van der Waals surface area contributed by atoms with Gasteiger partial charge < -0.3 is 0 Å². The summed E-state index contributed by atoms with van der Waals surface area (Å²) in [5.41, 5.74) is 4.24. The first kappa shape index (κ1) is 10.8. The van der Waals surface area contributed by atoms with Crippen molar-refractivity contribution in [3.05, 3.63) is 28.5 Å². The van der Waals surface area contributed by atoms with Crippen molar-refractivity contribution in [2.24, 2.45) is 5.84 Å². The van der Waals surface area contributed by atoms with Gasteiger partial charge in [0.05, 0.1) is 5.69 Å². The maximum absolute atomic E-state index is 11.2. The Hall–Kier alpha value is -1.73. The number of hydrogen-bond acceptors (Lipinski definition) is 5. The average molecular weight is 237 g/mol. The first-order chi connectivity index (χ1) is 7.61. The molecule has 0 saturated heterocycles. The molecular formula is C9H11N5OS. The van der Waals surface area contributed by atoms with E-state index in [2.05, 4.69) is 10.1 Å². The number of aromatic nitrogens is 3. The summed E-state index contributed by atoms with van der Waals surface area (Å²) in [5, 5.41) is 6.58. The lowest BCUT2D eigenvalue weighted by Crippen LogP contribution is -2.30. The van der Waals surface area contributed by atoms with E-state index in [1.54, 1.807) is 10.1 Å². The van der Waals surface area contributed by atoms with E-state index in [4.69, 9.17) is 5.84 Å². The number of rotatable bonds is 2. The number of hydrogen-bond donors (Lipinski definition) is 2. The van der Waals surface area contributed by atoms with E-state index in [0.29, 0.717) is 10.8 Å². The molecule has 0 spiro atoms. The summed E-state index contributed by atoms with van der Waals surface area (Å²) in [4.78, 5) is 15.4. The SMILES string of the molecule is Cc1cc(C)n(-c2nc(C(=O)NN)cs2)n1. The molecule has 84 valence electrons. The third-order valence-electron chi connectivity index (χ3n) is 2.05.